The second-order valence-corrected chi connectivity index (χ2v) is 3.01. The first-order valence-electron chi connectivity index (χ1n) is 3.37. The first kappa shape index (κ1) is 8.54. The minimum Gasteiger partial charge on any atom is -0.205 e. The van der Waals surface area contributed by atoms with E-state index in [1.165, 1.54) is 0 Å². The highest BCUT2D eigenvalue weighted by atomic mass is 35.5. The Hall–Kier alpha value is -0.560. The van der Waals surface area contributed by atoms with Gasteiger partial charge < -0.3 is 0 Å². The molecule has 0 saturated heterocycles. The molecule has 0 fully saturated rings. The molecule has 1 rings (SSSR count). The summed E-state index contributed by atoms with van der Waals surface area (Å²) in [4.78, 5) is 0. The molecule has 2 heteroatoms. The Bertz CT molecular complexity index is 256. The van der Waals surface area contributed by atoms with Crippen LogP contribution in [0.25, 0.3) is 0 Å². The highest BCUT2D eigenvalue weighted by Gasteiger charge is 2.08. The van der Waals surface area contributed by atoms with Crippen LogP contribution in [0.4, 0.5) is 4.39 Å². The van der Waals surface area contributed by atoms with Gasteiger partial charge in [0.2, 0.25) is 0 Å². The van der Waals surface area contributed by atoms with Crippen molar-refractivity contribution in [3.05, 3.63) is 40.5 Å². The number of rotatable bonds is 1. The third kappa shape index (κ3) is 1.72. The zero-order valence-electron chi connectivity index (χ0n) is 6.49. The van der Waals surface area contributed by atoms with Crippen LogP contribution in [0.1, 0.15) is 19.4 Å². The number of hydrogen-bond acceptors (Lipinski definition) is 0. The molecule has 0 atom stereocenters. The molecule has 1 aromatic rings. The van der Waals surface area contributed by atoms with Crippen molar-refractivity contribution in [2.45, 2.75) is 13.8 Å². The van der Waals surface area contributed by atoms with Crippen LogP contribution in [0, 0.1) is 11.7 Å². The van der Waals surface area contributed by atoms with Crippen LogP contribution < -0.4 is 0 Å². The van der Waals surface area contributed by atoms with Crippen molar-refractivity contribution in [1.29, 1.82) is 0 Å². The molecule has 0 aliphatic heterocycles. The molecule has 0 N–H and O–H groups in total. The molecule has 0 amide bonds. The number of hydrogen-bond donors (Lipinski definition) is 0. The summed E-state index contributed by atoms with van der Waals surface area (Å²) in [7, 11) is 0. The van der Waals surface area contributed by atoms with E-state index in [0.29, 0.717) is 5.56 Å². The Balaban J connectivity index is 3.17. The van der Waals surface area contributed by atoms with E-state index in [1.807, 2.05) is 13.8 Å². The van der Waals surface area contributed by atoms with Crippen molar-refractivity contribution in [3.63, 3.8) is 0 Å². The van der Waals surface area contributed by atoms with Crippen LogP contribution in [-0.4, -0.2) is 0 Å². The van der Waals surface area contributed by atoms with Gasteiger partial charge in [-0.1, -0.05) is 37.6 Å². The van der Waals surface area contributed by atoms with Gasteiger partial charge in [0.1, 0.15) is 5.82 Å². The lowest BCUT2D eigenvalue weighted by atomic mass is 10.0. The van der Waals surface area contributed by atoms with Crippen molar-refractivity contribution in [3.8, 4) is 0 Å². The van der Waals surface area contributed by atoms with Crippen LogP contribution in [0.15, 0.2) is 18.2 Å². The van der Waals surface area contributed by atoms with Gasteiger partial charge in [0.15, 0.2) is 0 Å². The van der Waals surface area contributed by atoms with E-state index in [2.05, 4.69) is 0 Å². The van der Waals surface area contributed by atoms with Crippen LogP contribution in [0.5, 0.6) is 0 Å². The van der Waals surface area contributed by atoms with Crippen molar-refractivity contribution in [2.24, 2.45) is 0 Å². The quantitative estimate of drug-likeness (QED) is 0.607. The summed E-state index contributed by atoms with van der Waals surface area (Å²) in [5.41, 5.74) is 0.595. The molecule has 0 aliphatic carbocycles. The zero-order chi connectivity index (χ0) is 8.43. The van der Waals surface area contributed by atoms with E-state index in [9.17, 15) is 4.39 Å². The standard InChI is InChI=1S/C9H9ClF/c1-6(2)7-4-3-5-8(10)9(7)11/h3-5H,1-2H3. The van der Waals surface area contributed by atoms with Gasteiger partial charge in [0, 0.05) is 5.92 Å². The molecule has 0 aliphatic rings. The number of halogens is 2. The van der Waals surface area contributed by atoms with Gasteiger partial charge in [-0.15, -0.1) is 0 Å². The normalized spacial score (nSPS) is 10.6. The third-order valence-electron chi connectivity index (χ3n) is 1.49. The maximum absolute atomic E-state index is 13.1. The minimum absolute atomic E-state index is 0.184. The van der Waals surface area contributed by atoms with Gasteiger partial charge in [-0.25, -0.2) is 4.39 Å². The smallest absolute Gasteiger partial charge is 0.145 e. The molecule has 11 heavy (non-hydrogen) atoms. The second kappa shape index (κ2) is 3.22. The topological polar surface area (TPSA) is 0 Å². The summed E-state index contributed by atoms with van der Waals surface area (Å²) >= 11 is 5.57. The third-order valence-corrected chi connectivity index (χ3v) is 1.78. The number of benzene rings is 1. The van der Waals surface area contributed by atoms with Crippen molar-refractivity contribution in [2.75, 3.05) is 0 Å². The fourth-order valence-electron chi connectivity index (χ4n) is 0.890. The first-order chi connectivity index (χ1) is 5.13. The predicted octanol–water partition coefficient (Wildman–Crippen LogP) is 3.44. The van der Waals surface area contributed by atoms with Crippen LogP contribution in [-0.2, 0) is 0 Å². The molecular weight excluding hydrogens is 163 g/mol. The van der Waals surface area contributed by atoms with E-state index in [-0.39, 0.29) is 10.8 Å². The van der Waals surface area contributed by atoms with Gasteiger partial charge in [-0.3, -0.25) is 0 Å². The fraction of sp³-hybridized carbons (Fsp3) is 0.222. The summed E-state index contributed by atoms with van der Waals surface area (Å²) in [6, 6.07) is 5.01. The Labute approximate surface area is 71.0 Å². The van der Waals surface area contributed by atoms with Crippen LogP contribution >= 0.6 is 11.6 Å². The maximum atomic E-state index is 13.1. The highest BCUT2D eigenvalue weighted by Crippen LogP contribution is 2.23. The lowest BCUT2D eigenvalue weighted by Crippen LogP contribution is -1.93. The fourth-order valence-corrected chi connectivity index (χ4v) is 1.06. The zero-order valence-corrected chi connectivity index (χ0v) is 7.24. The van der Waals surface area contributed by atoms with Crippen molar-refractivity contribution < 1.29 is 4.39 Å². The molecule has 0 spiro atoms. The van der Waals surface area contributed by atoms with Gasteiger partial charge in [-0.2, -0.15) is 0 Å². The van der Waals surface area contributed by atoms with Crippen molar-refractivity contribution >= 4 is 11.6 Å². The Kier molecular flexibility index (Phi) is 2.50. The average Bonchev–Trinajstić information content (AvgIpc) is 1.94. The predicted molar refractivity (Wildman–Crippen MR) is 45.1 cm³/mol. The summed E-state index contributed by atoms with van der Waals surface area (Å²) in [5.74, 6) is 0.610. The summed E-state index contributed by atoms with van der Waals surface area (Å²) in [6.45, 7) is 3.71. The van der Waals surface area contributed by atoms with Crippen LogP contribution in [0.3, 0.4) is 0 Å². The summed E-state index contributed by atoms with van der Waals surface area (Å²) in [6.07, 6.45) is 0. The van der Waals surface area contributed by atoms with Crippen molar-refractivity contribution in [1.82, 2.24) is 0 Å². The van der Waals surface area contributed by atoms with E-state index in [1.54, 1.807) is 18.2 Å². The highest BCUT2D eigenvalue weighted by molar-refractivity contribution is 6.30. The lowest BCUT2D eigenvalue weighted by molar-refractivity contribution is 0.616. The van der Waals surface area contributed by atoms with Gasteiger partial charge in [0.05, 0.1) is 5.02 Å². The Morgan fingerprint density at radius 1 is 1.36 bits per heavy atom. The van der Waals surface area contributed by atoms with E-state index >= 15 is 0 Å². The molecule has 0 unspecified atom stereocenters. The van der Waals surface area contributed by atoms with Gasteiger partial charge in [0.25, 0.3) is 0 Å². The SMILES string of the molecule is C[C](C)c1cccc(Cl)c1F. The Morgan fingerprint density at radius 3 is 2.45 bits per heavy atom. The molecule has 0 bridgehead atoms. The second-order valence-electron chi connectivity index (χ2n) is 2.60. The van der Waals surface area contributed by atoms with E-state index in [4.69, 9.17) is 11.6 Å². The molecule has 59 valence electrons. The molecule has 0 aromatic heterocycles. The summed E-state index contributed by atoms with van der Waals surface area (Å²) < 4.78 is 13.1. The average molecular weight is 172 g/mol. The molecule has 0 heterocycles. The van der Waals surface area contributed by atoms with Gasteiger partial charge in [-0.05, 0) is 11.6 Å². The maximum Gasteiger partial charge on any atom is 0.145 e. The molecular formula is C9H9ClF. The largest absolute Gasteiger partial charge is 0.205 e. The van der Waals surface area contributed by atoms with Crippen LogP contribution in [0.2, 0.25) is 5.02 Å². The molecule has 1 aromatic carbocycles. The molecule has 0 saturated carbocycles. The van der Waals surface area contributed by atoms with E-state index in [0.717, 1.165) is 5.92 Å². The lowest BCUT2D eigenvalue weighted by Gasteiger charge is -2.05. The summed E-state index contributed by atoms with van der Waals surface area (Å²) in [5, 5.41) is 0.184. The minimum atomic E-state index is -0.325. The Morgan fingerprint density at radius 2 is 2.00 bits per heavy atom. The molecule has 1 radical (unpaired) electrons. The molecule has 0 nitrogen and oxygen atoms in total. The first-order valence-corrected chi connectivity index (χ1v) is 3.75. The monoisotopic (exact) mass is 171 g/mol. The van der Waals surface area contributed by atoms with Gasteiger partial charge >= 0.3 is 0 Å². The van der Waals surface area contributed by atoms with E-state index < -0.39 is 0 Å².